The van der Waals surface area contributed by atoms with Gasteiger partial charge in [-0.2, -0.15) is 0 Å². The van der Waals surface area contributed by atoms with E-state index in [1.807, 2.05) is 18.2 Å². The van der Waals surface area contributed by atoms with Crippen LogP contribution in [-0.2, 0) is 0 Å². The van der Waals surface area contributed by atoms with Gasteiger partial charge in [-0.1, -0.05) is 59.7 Å². The molecular formula is C16H24N2. The molecule has 2 nitrogen and oxygen atoms in total. The topological polar surface area (TPSA) is 25.8 Å². The fourth-order valence-corrected chi connectivity index (χ4v) is 1.49. The van der Waals surface area contributed by atoms with Crippen molar-refractivity contribution in [3.63, 3.8) is 0 Å². The first kappa shape index (κ1) is 14.6. The maximum absolute atomic E-state index is 4.30. The van der Waals surface area contributed by atoms with Crippen LogP contribution in [0.25, 0.3) is 10.9 Å². The third-order valence-corrected chi connectivity index (χ3v) is 2.12. The van der Waals surface area contributed by atoms with Crippen LogP contribution in [0.3, 0.4) is 0 Å². The van der Waals surface area contributed by atoms with Gasteiger partial charge in [0.05, 0.1) is 11.2 Å². The summed E-state index contributed by atoms with van der Waals surface area (Å²) in [4.78, 5) is 8.51. The minimum absolute atomic E-state index is 0.452. The van der Waals surface area contributed by atoms with E-state index in [9.17, 15) is 0 Å². The molecular weight excluding hydrogens is 220 g/mol. The van der Waals surface area contributed by atoms with Gasteiger partial charge in [0.1, 0.15) is 6.33 Å². The molecule has 0 fully saturated rings. The van der Waals surface area contributed by atoms with Crippen molar-refractivity contribution < 1.29 is 0 Å². The number of hydrogen-bond acceptors (Lipinski definition) is 2. The van der Waals surface area contributed by atoms with Crippen LogP contribution in [0.4, 0.5) is 0 Å². The van der Waals surface area contributed by atoms with Crippen molar-refractivity contribution in [2.24, 2.45) is 5.41 Å². The zero-order valence-electron chi connectivity index (χ0n) is 12.4. The minimum Gasteiger partial charge on any atom is -0.240 e. The second-order valence-corrected chi connectivity index (χ2v) is 6.43. The monoisotopic (exact) mass is 244 g/mol. The summed E-state index contributed by atoms with van der Waals surface area (Å²) < 4.78 is 0. The van der Waals surface area contributed by atoms with Crippen LogP contribution in [0.1, 0.15) is 53.2 Å². The molecule has 2 aromatic rings. The van der Waals surface area contributed by atoms with Crippen molar-refractivity contribution in [3.8, 4) is 0 Å². The molecule has 0 atom stereocenters. The Morgan fingerprint density at radius 2 is 1.50 bits per heavy atom. The molecule has 0 saturated heterocycles. The fourth-order valence-electron chi connectivity index (χ4n) is 1.49. The second-order valence-electron chi connectivity index (χ2n) is 6.43. The van der Waals surface area contributed by atoms with E-state index in [0.717, 1.165) is 11.2 Å². The highest BCUT2D eigenvalue weighted by molar-refractivity contribution is 5.80. The molecule has 0 aliphatic carbocycles. The first-order valence-corrected chi connectivity index (χ1v) is 6.48. The lowest BCUT2D eigenvalue weighted by Crippen LogP contribution is -1.94. The van der Waals surface area contributed by atoms with Gasteiger partial charge in [0.15, 0.2) is 0 Å². The summed E-state index contributed by atoms with van der Waals surface area (Å²) in [6.07, 6.45) is 1.64. The van der Waals surface area contributed by atoms with E-state index in [4.69, 9.17) is 0 Å². The lowest BCUT2D eigenvalue weighted by molar-refractivity contribution is 0.469. The Hall–Kier alpha value is -1.44. The summed E-state index contributed by atoms with van der Waals surface area (Å²) in [5.74, 6) is 0.452. The Morgan fingerprint density at radius 3 is 2.06 bits per heavy atom. The number of fused-ring (bicyclic) bond motifs is 1. The average molecular weight is 244 g/mol. The molecule has 0 unspecified atom stereocenters. The van der Waals surface area contributed by atoms with Gasteiger partial charge in [-0.05, 0) is 17.4 Å². The molecule has 0 N–H and O–H groups in total. The normalized spacial score (nSPS) is 11.3. The van der Waals surface area contributed by atoms with E-state index in [-0.39, 0.29) is 0 Å². The molecule has 18 heavy (non-hydrogen) atoms. The Kier molecular flexibility index (Phi) is 4.83. The zero-order chi connectivity index (χ0) is 13.8. The van der Waals surface area contributed by atoms with Gasteiger partial charge in [0.25, 0.3) is 0 Å². The summed E-state index contributed by atoms with van der Waals surface area (Å²) in [6, 6.07) is 8.12. The van der Waals surface area contributed by atoms with Crippen molar-refractivity contribution in [1.82, 2.24) is 9.97 Å². The largest absolute Gasteiger partial charge is 0.240 e. The van der Waals surface area contributed by atoms with Gasteiger partial charge in [0, 0.05) is 5.39 Å². The summed E-state index contributed by atoms with van der Waals surface area (Å²) in [5.41, 5.74) is 2.66. The maximum atomic E-state index is 4.30. The second kappa shape index (κ2) is 5.94. The van der Waals surface area contributed by atoms with Crippen molar-refractivity contribution in [2.45, 2.75) is 47.5 Å². The van der Waals surface area contributed by atoms with Crippen LogP contribution in [0.2, 0.25) is 0 Å². The molecule has 0 bridgehead atoms. The first-order valence-electron chi connectivity index (χ1n) is 6.48. The van der Waals surface area contributed by atoms with Crippen molar-refractivity contribution in [3.05, 3.63) is 36.3 Å². The number of benzene rings is 1. The number of para-hydroxylation sites is 1. The van der Waals surface area contributed by atoms with E-state index in [1.165, 1.54) is 5.39 Å². The zero-order valence-corrected chi connectivity index (χ0v) is 12.4. The molecule has 1 aromatic carbocycles. The van der Waals surface area contributed by atoms with Gasteiger partial charge < -0.3 is 0 Å². The predicted octanol–water partition coefficient (Wildman–Crippen LogP) is 4.81. The lowest BCUT2D eigenvalue weighted by atomic mass is 10.0. The quantitative estimate of drug-likeness (QED) is 0.719. The Balaban J connectivity index is 0.000000280. The number of hydrogen-bond donors (Lipinski definition) is 0. The Morgan fingerprint density at radius 1 is 0.944 bits per heavy atom. The third kappa shape index (κ3) is 4.82. The smallest absolute Gasteiger partial charge is 0.116 e. The average Bonchev–Trinajstić information content (AvgIpc) is 2.26. The van der Waals surface area contributed by atoms with Crippen LogP contribution >= 0.6 is 0 Å². The molecule has 2 rings (SSSR count). The summed E-state index contributed by atoms with van der Waals surface area (Å²) in [5, 5.41) is 1.17. The molecule has 0 aliphatic rings. The van der Waals surface area contributed by atoms with Crippen LogP contribution in [0, 0.1) is 5.41 Å². The van der Waals surface area contributed by atoms with Gasteiger partial charge in [-0.3, -0.25) is 0 Å². The third-order valence-electron chi connectivity index (χ3n) is 2.12. The lowest BCUT2D eigenvalue weighted by Gasteiger charge is -2.06. The highest BCUT2D eigenvalue weighted by atomic mass is 14.8. The molecule has 0 aliphatic heterocycles. The highest BCUT2D eigenvalue weighted by Crippen LogP contribution is 2.20. The maximum Gasteiger partial charge on any atom is 0.116 e. The van der Waals surface area contributed by atoms with E-state index in [0.29, 0.717) is 11.3 Å². The van der Waals surface area contributed by atoms with Crippen molar-refractivity contribution in [2.75, 3.05) is 0 Å². The summed E-state index contributed by atoms with van der Waals surface area (Å²) >= 11 is 0. The van der Waals surface area contributed by atoms with Gasteiger partial charge in [0.2, 0.25) is 0 Å². The fraction of sp³-hybridized carbons (Fsp3) is 0.500. The summed E-state index contributed by atoms with van der Waals surface area (Å²) in [6.45, 7) is 13.0. The SMILES string of the molecule is CC(C)(C)C.CC(C)c1ncnc2ccccc12. The molecule has 0 radical (unpaired) electrons. The van der Waals surface area contributed by atoms with Crippen LogP contribution in [0.5, 0.6) is 0 Å². The summed E-state index contributed by atoms with van der Waals surface area (Å²) in [7, 11) is 0. The van der Waals surface area contributed by atoms with Crippen molar-refractivity contribution >= 4 is 10.9 Å². The molecule has 1 aromatic heterocycles. The minimum atomic E-state index is 0.452. The van der Waals surface area contributed by atoms with E-state index >= 15 is 0 Å². The van der Waals surface area contributed by atoms with Crippen LogP contribution in [0.15, 0.2) is 30.6 Å². The standard InChI is InChI=1S/C11H12N2.C5H12/c1-8(2)11-9-5-3-4-6-10(9)12-7-13-11;1-5(2,3)4/h3-8H,1-2H3;1-4H3. The van der Waals surface area contributed by atoms with Gasteiger partial charge in [-0.15, -0.1) is 0 Å². The van der Waals surface area contributed by atoms with Gasteiger partial charge >= 0.3 is 0 Å². The highest BCUT2D eigenvalue weighted by Gasteiger charge is 2.05. The van der Waals surface area contributed by atoms with E-state index < -0.39 is 0 Å². The van der Waals surface area contributed by atoms with Crippen LogP contribution < -0.4 is 0 Å². The molecule has 1 heterocycles. The number of rotatable bonds is 1. The Labute approximate surface area is 110 Å². The number of aromatic nitrogens is 2. The molecule has 0 amide bonds. The van der Waals surface area contributed by atoms with E-state index in [2.05, 4.69) is 57.6 Å². The molecule has 98 valence electrons. The predicted molar refractivity (Wildman–Crippen MR) is 78.8 cm³/mol. The molecule has 2 heteroatoms. The van der Waals surface area contributed by atoms with Crippen molar-refractivity contribution in [1.29, 1.82) is 0 Å². The molecule has 0 spiro atoms. The van der Waals surface area contributed by atoms with Gasteiger partial charge in [-0.25, -0.2) is 9.97 Å². The van der Waals surface area contributed by atoms with Crippen LogP contribution in [-0.4, -0.2) is 9.97 Å². The number of nitrogens with zero attached hydrogens (tertiary/aromatic N) is 2. The van der Waals surface area contributed by atoms with E-state index in [1.54, 1.807) is 6.33 Å². The molecule has 0 saturated carbocycles. The Bertz CT molecular complexity index is 484. The first-order chi connectivity index (χ1) is 8.29.